The summed E-state index contributed by atoms with van der Waals surface area (Å²) in [4.78, 5) is 21.8. The van der Waals surface area contributed by atoms with Gasteiger partial charge in [0.1, 0.15) is 5.76 Å². The second-order valence-corrected chi connectivity index (χ2v) is 4.20. The maximum atomic E-state index is 11.6. The van der Waals surface area contributed by atoms with E-state index in [9.17, 15) is 14.9 Å². The standard InChI is InChI=1S/C14H13NO4/c1-2-4-13-9-11(14(16)19-13)7-10-5-3-6-12(8-10)15(17)18/h3,5-9H,2,4H2,1H3/b11-7-. The molecule has 0 spiro atoms. The molecule has 1 aliphatic rings. The molecule has 19 heavy (non-hydrogen) atoms. The van der Waals surface area contributed by atoms with Crippen molar-refractivity contribution in [3.05, 3.63) is 57.4 Å². The fourth-order valence-corrected chi connectivity index (χ4v) is 1.82. The van der Waals surface area contributed by atoms with E-state index in [1.54, 1.807) is 24.3 Å². The van der Waals surface area contributed by atoms with Crippen molar-refractivity contribution in [2.45, 2.75) is 19.8 Å². The second-order valence-electron chi connectivity index (χ2n) is 4.20. The highest BCUT2D eigenvalue weighted by Gasteiger charge is 2.20. The van der Waals surface area contributed by atoms with Gasteiger partial charge in [0, 0.05) is 18.6 Å². The van der Waals surface area contributed by atoms with Gasteiger partial charge in [0.15, 0.2) is 0 Å². The zero-order chi connectivity index (χ0) is 13.8. The highest BCUT2D eigenvalue weighted by molar-refractivity contribution is 5.99. The van der Waals surface area contributed by atoms with E-state index >= 15 is 0 Å². The van der Waals surface area contributed by atoms with Gasteiger partial charge in [0.25, 0.3) is 5.69 Å². The van der Waals surface area contributed by atoms with Gasteiger partial charge in [0.2, 0.25) is 0 Å². The lowest BCUT2D eigenvalue weighted by Crippen LogP contribution is -1.97. The van der Waals surface area contributed by atoms with Crippen LogP contribution in [-0.2, 0) is 9.53 Å². The highest BCUT2D eigenvalue weighted by atomic mass is 16.6. The molecule has 0 fully saturated rings. The third-order valence-electron chi connectivity index (χ3n) is 2.68. The van der Waals surface area contributed by atoms with Gasteiger partial charge >= 0.3 is 5.97 Å². The van der Waals surface area contributed by atoms with Crippen molar-refractivity contribution in [3.63, 3.8) is 0 Å². The van der Waals surface area contributed by atoms with E-state index in [1.165, 1.54) is 12.1 Å². The molecule has 0 aromatic heterocycles. The fourth-order valence-electron chi connectivity index (χ4n) is 1.82. The Balaban J connectivity index is 2.28. The van der Waals surface area contributed by atoms with Crippen LogP contribution in [0.4, 0.5) is 5.69 Å². The van der Waals surface area contributed by atoms with Crippen molar-refractivity contribution < 1.29 is 14.5 Å². The zero-order valence-corrected chi connectivity index (χ0v) is 10.5. The van der Waals surface area contributed by atoms with Crippen LogP contribution in [0.25, 0.3) is 6.08 Å². The molecule has 0 unspecified atom stereocenters. The van der Waals surface area contributed by atoms with Gasteiger partial charge in [-0.3, -0.25) is 10.1 Å². The van der Waals surface area contributed by atoms with E-state index in [1.807, 2.05) is 6.92 Å². The number of nitro groups is 1. The number of non-ortho nitro benzene ring substituents is 1. The Labute approximate surface area is 110 Å². The molecular formula is C14H13NO4. The molecule has 0 saturated heterocycles. The number of esters is 1. The van der Waals surface area contributed by atoms with Crippen molar-refractivity contribution >= 4 is 17.7 Å². The minimum atomic E-state index is -0.465. The molecule has 1 aromatic rings. The lowest BCUT2D eigenvalue weighted by molar-refractivity contribution is -0.384. The number of carbonyl (C=O) groups is 1. The molecule has 0 bridgehead atoms. The molecule has 1 heterocycles. The van der Waals surface area contributed by atoms with E-state index in [0.717, 1.165) is 6.42 Å². The Morgan fingerprint density at radius 2 is 2.21 bits per heavy atom. The molecule has 1 aromatic carbocycles. The van der Waals surface area contributed by atoms with Gasteiger partial charge in [-0.05, 0) is 24.1 Å². The topological polar surface area (TPSA) is 69.4 Å². The summed E-state index contributed by atoms with van der Waals surface area (Å²) in [5.41, 5.74) is 1.03. The lowest BCUT2D eigenvalue weighted by Gasteiger charge is -1.97. The highest BCUT2D eigenvalue weighted by Crippen LogP contribution is 2.24. The summed E-state index contributed by atoms with van der Waals surface area (Å²) in [6.07, 6.45) is 4.88. The van der Waals surface area contributed by atoms with Crippen LogP contribution in [0.1, 0.15) is 25.3 Å². The van der Waals surface area contributed by atoms with E-state index in [4.69, 9.17) is 4.74 Å². The quantitative estimate of drug-likeness (QED) is 0.360. The van der Waals surface area contributed by atoms with Crippen LogP contribution in [0, 0.1) is 10.1 Å². The monoisotopic (exact) mass is 259 g/mol. The third-order valence-corrected chi connectivity index (χ3v) is 2.68. The van der Waals surface area contributed by atoms with Crippen molar-refractivity contribution in [2.24, 2.45) is 0 Å². The first kappa shape index (κ1) is 13.0. The molecule has 0 aliphatic carbocycles. The summed E-state index contributed by atoms with van der Waals surface area (Å²) >= 11 is 0. The molecule has 0 N–H and O–H groups in total. The zero-order valence-electron chi connectivity index (χ0n) is 10.5. The van der Waals surface area contributed by atoms with Crippen molar-refractivity contribution in [1.82, 2.24) is 0 Å². The summed E-state index contributed by atoms with van der Waals surface area (Å²) in [6.45, 7) is 2.00. The number of carbonyl (C=O) groups excluding carboxylic acids is 1. The first-order chi connectivity index (χ1) is 9.10. The fraction of sp³-hybridized carbons (Fsp3) is 0.214. The number of benzene rings is 1. The van der Waals surface area contributed by atoms with Crippen molar-refractivity contribution in [2.75, 3.05) is 0 Å². The summed E-state index contributed by atoms with van der Waals surface area (Å²) < 4.78 is 5.08. The van der Waals surface area contributed by atoms with Crippen LogP contribution < -0.4 is 0 Å². The maximum Gasteiger partial charge on any atom is 0.343 e. The summed E-state index contributed by atoms with van der Waals surface area (Å²) in [5, 5.41) is 10.7. The molecule has 0 amide bonds. The third kappa shape index (κ3) is 3.07. The predicted molar refractivity (Wildman–Crippen MR) is 70.2 cm³/mol. The minimum absolute atomic E-state index is 0.00141. The summed E-state index contributed by atoms with van der Waals surface area (Å²) in [6, 6.07) is 6.12. The number of hydrogen-bond acceptors (Lipinski definition) is 4. The van der Waals surface area contributed by atoms with Gasteiger partial charge < -0.3 is 4.74 Å². The second kappa shape index (κ2) is 5.48. The van der Waals surface area contributed by atoms with Crippen LogP contribution in [0.5, 0.6) is 0 Å². The number of rotatable bonds is 4. The number of ether oxygens (including phenoxy) is 1. The maximum absolute atomic E-state index is 11.6. The largest absolute Gasteiger partial charge is 0.427 e. The smallest absolute Gasteiger partial charge is 0.343 e. The molecule has 98 valence electrons. The van der Waals surface area contributed by atoms with Crippen LogP contribution in [0.2, 0.25) is 0 Å². The summed E-state index contributed by atoms with van der Waals surface area (Å²) in [5.74, 6) is 0.235. The van der Waals surface area contributed by atoms with Gasteiger partial charge in [-0.2, -0.15) is 0 Å². The SMILES string of the molecule is CCCC1=C/C(=C/c2cccc([N+](=O)[O-])c2)C(=O)O1. The first-order valence-corrected chi connectivity index (χ1v) is 5.99. The Morgan fingerprint density at radius 3 is 2.89 bits per heavy atom. The molecule has 0 radical (unpaired) electrons. The van der Waals surface area contributed by atoms with Crippen LogP contribution in [0.15, 0.2) is 41.7 Å². The Hall–Kier alpha value is -2.43. The van der Waals surface area contributed by atoms with E-state index in [-0.39, 0.29) is 5.69 Å². The number of nitrogens with zero attached hydrogens (tertiary/aromatic N) is 1. The lowest BCUT2D eigenvalue weighted by atomic mass is 10.1. The molecule has 5 heteroatoms. The number of nitro benzene ring substituents is 1. The molecule has 2 rings (SSSR count). The molecular weight excluding hydrogens is 246 g/mol. The van der Waals surface area contributed by atoms with Gasteiger partial charge in [0.05, 0.1) is 10.5 Å². The van der Waals surface area contributed by atoms with Gasteiger partial charge in [-0.15, -0.1) is 0 Å². The van der Waals surface area contributed by atoms with E-state index in [0.29, 0.717) is 23.3 Å². The average molecular weight is 259 g/mol. The predicted octanol–water partition coefficient (Wildman–Crippen LogP) is 3.22. The normalized spacial score (nSPS) is 16.4. The van der Waals surface area contributed by atoms with E-state index < -0.39 is 10.9 Å². The van der Waals surface area contributed by atoms with Crippen LogP contribution in [0.3, 0.4) is 0 Å². The molecule has 5 nitrogen and oxygen atoms in total. The minimum Gasteiger partial charge on any atom is -0.427 e. The van der Waals surface area contributed by atoms with Gasteiger partial charge in [-0.1, -0.05) is 19.1 Å². The number of hydrogen-bond donors (Lipinski definition) is 0. The number of cyclic esters (lactones) is 1. The summed E-state index contributed by atoms with van der Waals surface area (Å²) in [7, 11) is 0. The number of allylic oxidation sites excluding steroid dienone is 1. The van der Waals surface area contributed by atoms with Crippen molar-refractivity contribution in [3.8, 4) is 0 Å². The Kier molecular flexibility index (Phi) is 3.75. The first-order valence-electron chi connectivity index (χ1n) is 5.99. The average Bonchev–Trinajstić information content (AvgIpc) is 2.70. The van der Waals surface area contributed by atoms with Crippen LogP contribution >= 0.6 is 0 Å². The van der Waals surface area contributed by atoms with E-state index in [2.05, 4.69) is 0 Å². The Bertz CT molecular complexity index is 587. The molecule has 0 atom stereocenters. The molecule has 1 aliphatic heterocycles. The molecule has 0 saturated carbocycles. The Morgan fingerprint density at radius 1 is 1.42 bits per heavy atom. The van der Waals surface area contributed by atoms with Crippen molar-refractivity contribution in [1.29, 1.82) is 0 Å². The van der Waals surface area contributed by atoms with Gasteiger partial charge in [-0.25, -0.2) is 4.79 Å². The van der Waals surface area contributed by atoms with Crippen LogP contribution in [-0.4, -0.2) is 10.9 Å².